The van der Waals surface area contributed by atoms with Crippen molar-refractivity contribution in [2.24, 2.45) is 31.8 Å². The second kappa shape index (κ2) is 9.68. The highest BCUT2D eigenvalue weighted by molar-refractivity contribution is 7.92. The Bertz CT molecular complexity index is 1510. The average molecular weight is 519 g/mol. The summed E-state index contributed by atoms with van der Waals surface area (Å²) < 4.78 is 54.4. The zero-order valence-corrected chi connectivity index (χ0v) is 19.8. The summed E-state index contributed by atoms with van der Waals surface area (Å²) in [5.74, 6) is 0.413. The van der Waals surface area contributed by atoms with Crippen LogP contribution in [0.5, 0.6) is 0 Å². The molecule has 0 fully saturated rings. The predicted octanol–water partition coefficient (Wildman–Crippen LogP) is -0.480. The lowest BCUT2D eigenvalue weighted by molar-refractivity contribution is 0.548. The number of primary sulfonamides is 1. The number of aliphatic imine (C=N–C) groups is 1. The Morgan fingerprint density at radius 3 is 2.40 bits per heavy atom. The Morgan fingerprint density at radius 2 is 1.80 bits per heavy atom. The second-order valence-electron chi connectivity index (χ2n) is 7.43. The van der Waals surface area contributed by atoms with Crippen LogP contribution < -0.4 is 21.3 Å². The number of azo groups is 1. The van der Waals surface area contributed by atoms with Gasteiger partial charge in [0.1, 0.15) is 16.1 Å². The number of aromatic nitrogens is 3. The van der Waals surface area contributed by atoms with Crippen LogP contribution in [0.3, 0.4) is 0 Å². The predicted molar refractivity (Wildman–Crippen MR) is 127 cm³/mol. The standard InChI is InChI=1S/C19H22N10O4S2/c20-7-13(8-21)29-35(32,33)15-5-4-14(11-2-1-3-12(6-11)18-23-9-25-27-18)16(17(15)34(22,30)31)19-24-10-26-28-19/h1-6,9,13,29H,7-8,10,20-21H2,(H2,22,30,31)(H,23,25,27). The van der Waals surface area contributed by atoms with Crippen molar-refractivity contribution >= 4 is 25.9 Å². The summed E-state index contributed by atoms with van der Waals surface area (Å²) in [6.45, 7) is -0.240. The summed E-state index contributed by atoms with van der Waals surface area (Å²) in [6.07, 6.45) is 1.35. The maximum atomic E-state index is 13.2. The molecule has 0 saturated carbocycles. The number of nitrogens with one attached hydrogen (secondary N) is 2. The highest BCUT2D eigenvalue weighted by Gasteiger charge is 2.33. The number of rotatable bonds is 9. The monoisotopic (exact) mass is 518 g/mol. The van der Waals surface area contributed by atoms with Crippen molar-refractivity contribution < 1.29 is 16.8 Å². The lowest BCUT2D eigenvalue weighted by Crippen LogP contribution is -2.45. The largest absolute Gasteiger partial charge is 0.329 e. The van der Waals surface area contributed by atoms with E-state index in [0.29, 0.717) is 22.5 Å². The highest BCUT2D eigenvalue weighted by Crippen LogP contribution is 2.36. The molecule has 0 saturated heterocycles. The molecule has 0 spiro atoms. The lowest BCUT2D eigenvalue weighted by Gasteiger charge is -2.19. The van der Waals surface area contributed by atoms with Gasteiger partial charge in [-0.15, -0.1) is 5.11 Å². The van der Waals surface area contributed by atoms with Crippen molar-refractivity contribution in [3.8, 4) is 22.5 Å². The first-order chi connectivity index (χ1) is 16.7. The van der Waals surface area contributed by atoms with Crippen molar-refractivity contribution in [3.63, 3.8) is 0 Å². The molecule has 1 aliphatic rings. The maximum Gasteiger partial charge on any atom is 0.242 e. The third kappa shape index (κ3) is 5.02. The summed E-state index contributed by atoms with van der Waals surface area (Å²) in [5, 5.41) is 19.9. The summed E-state index contributed by atoms with van der Waals surface area (Å²) in [7, 11) is -9.02. The normalized spacial score (nSPS) is 14.0. The molecule has 1 aliphatic heterocycles. The minimum Gasteiger partial charge on any atom is -0.329 e. The Morgan fingerprint density at radius 1 is 1.06 bits per heavy atom. The molecular weight excluding hydrogens is 496 g/mol. The first-order valence-corrected chi connectivity index (χ1v) is 13.2. The second-order valence-corrected chi connectivity index (χ2v) is 10.6. The average Bonchev–Trinajstić information content (AvgIpc) is 3.56. The Kier molecular flexibility index (Phi) is 6.84. The summed E-state index contributed by atoms with van der Waals surface area (Å²) in [4.78, 5) is 7.01. The van der Waals surface area contributed by atoms with Gasteiger partial charge in [0, 0.05) is 24.7 Å². The quantitative estimate of drug-likeness (QED) is 0.247. The number of nitrogens with two attached hydrogens (primary N) is 3. The minimum atomic E-state index is -4.61. The zero-order valence-electron chi connectivity index (χ0n) is 18.2. The van der Waals surface area contributed by atoms with Gasteiger partial charge in [0.15, 0.2) is 18.3 Å². The van der Waals surface area contributed by atoms with E-state index in [1.165, 1.54) is 12.4 Å². The summed E-state index contributed by atoms with van der Waals surface area (Å²) >= 11 is 0. The van der Waals surface area contributed by atoms with E-state index >= 15 is 0 Å². The van der Waals surface area contributed by atoms with Gasteiger partial charge in [-0.2, -0.15) is 10.2 Å². The fourth-order valence-corrected chi connectivity index (χ4v) is 6.40. The van der Waals surface area contributed by atoms with E-state index in [-0.39, 0.29) is 31.2 Å². The highest BCUT2D eigenvalue weighted by atomic mass is 32.2. The Labute approximate surface area is 200 Å². The molecule has 8 N–H and O–H groups in total. The van der Waals surface area contributed by atoms with E-state index in [1.807, 2.05) is 0 Å². The van der Waals surface area contributed by atoms with E-state index in [1.54, 1.807) is 24.3 Å². The number of amidine groups is 1. The number of benzene rings is 2. The van der Waals surface area contributed by atoms with Gasteiger partial charge in [0.2, 0.25) is 20.0 Å². The topological polar surface area (TPSA) is 237 Å². The SMILES string of the molecule is NCC(CN)NS(=O)(=O)c1ccc(-c2cccc(-c3ncn[nH]3)c2)c(C2=NCN=N2)c1S(N)(=O)=O. The van der Waals surface area contributed by atoms with Gasteiger partial charge in [-0.3, -0.25) is 5.10 Å². The molecule has 0 aliphatic carbocycles. The summed E-state index contributed by atoms with van der Waals surface area (Å²) in [6, 6.07) is 8.73. The molecule has 4 rings (SSSR count). The van der Waals surface area contributed by atoms with Crippen LogP contribution in [0.15, 0.2) is 67.7 Å². The van der Waals surface area contributed by atoms with Crippen LogP contribution in [0.1, 0.15) is 5.56 Å². The number of H-pyrrole nitrogens is 1. The van der Waals surface area contributed by atoms with E-state index < -0.39 is 35.9 Å². The fraction of sp³-hybridized carbons (Fsp3) is 0.211. The van der Waals surface area contributed by atoms with Crippen LogP contribution in [-0.4, -0.2) is 63.7 Å². The molecule has 16 heteroatoms. The van der Waals surface area contributed by atoms with E-state index in [0.717, 1.165) is 6.07 Å². The Balaban J connectivity index is 2.00. The molecular formula is C19H22N10O4S2. The molecule has 14 nitrogen and oxygen atoms in total. The number of hydrogen-bond acceptors (Lipinski definition) is 11. The van der Waals surface area contributed by atoms with Crippen LogP contribution >= 0.6 is 0 Å². The molecule has 0 unspecified atom stereocenters. The van der Waals surface area contributed by atoms with Gasteiger partial charge in [-0.25, -0.2) is 36.7 Å². The lowest BCUT2D eigenvalue weighted by atomic mass is 9.97. The van der Waals surface area contributed by atoms with Crippen molar-refractivity contribution in [1.29, 1.82) is 0 Å². The third-order valence-electron chi connectivity index (χ3n) is 5.12. The molecule has 0 amide bonds. The van der Waals surface area contributed by atoms with Crippen molar-refractivity contribution in [1.82, 2.24) is 19.9 Å². The van der Waals surface area contributed by atoms with Gasteiger partial charge >= 0.3 is 0 Å². The van der Waals surface area contributed by atoms with Gasteiger partial charge in [0.25, 0.3) is 0 Å². The minimum absolute atomic E-state index is 0.0470. The molecule has 184 valence electrons. The smallest absolute Gasteiger partial charge is 0.242 e. The number of nitrogens with zero attached hydrogens (tertiary/aromatic N) is 5. The molecule has 2 aromatic carbocycles. The number of aromatic amines is 1. The van der Waals surface area contributed by atoms with Crippen LogP contribution in [-0.2, 0) is 20.0 Å². The number of sulfonamides is 2. The molecule has 3 aromatic rings. The maximum absolute atomic E-state index is 13.2. The van der Waals surface area contributed by atoms with Crippen LogP contribution in [0.2, 0.25) is 0 Å². The van der Waals surface area contributed by atoms with Crippen LogP contribution in [0.4, 0.5) is 0 Å². The third-order valence-corrected chi connectivity index (χ3v) is 7.81. The van der Waals surface area contributed by atoms with E-state index in [2.05, 4.69) is 35.1 Å². The molecule has 0 radical (unpaired) electrons. The van der Waals surface area contributed by atoms with Gasteiger partial charge in [0.05, 0.1) is 5.56 Å². The molecule has 2 heterocycles. The summed E-state index contributed by atoms with van der Waals surface area (Å²) in [5.41, 5.74) is 12.6. The van der Waals surface area contributed by atoms with Gasteiger partial charge in [-0.05, 0) is 23.3 Å². The first kappa shape index (κ1) is 24.7. The van der Waals surface area contributed by atoms with Gasteiger partial charge in [-0.1, -0.05) is 24.3 Å². The van der Waals surface area contributed by atoms with Crippen molar-refractivity contribution in [2.45, 2.75) is 15.8 Å². The van der Waals surface area contributed by atoms with Crippen molar-refractivity contribution in [2.75, 3.05) is 19.8 Å². The van der Waals surface area contributed by atoms with Crippen LogP contribution in [0, 0.1) is 0 Å². The van der Waals surface area contributed by atoms with Gasteiger partial charge < -0.3 is 11.5 Å². The van der Waals surface area contributed by atoms with Crippen molar-refractivity contribution in [3.05, 3.63) is 48.3 Å². The van der Waals surface area contributed by atoms with E-state index in [9.17, 15) is 16.8 Å². The molecule has 35 heavy (non-hydrogen) atoms. The molecule has 1 aromatic heterocycles. The zero-order chi connectivity index (χ0) is 25.2. The Hall–Kier alpha value is -3.41. The number of hydrogen-bond donors (Lipinski definition) is 5. The van der Waals surface area contributed by atoms with Crippen LogP contribution in [0.25, 0.3) is 22.5 Å². The first-order valence-electron chi connectivity index (χ1n) is 10.2. The molecule has 0 atom stereocenters. The molecule has 0 bridgehead atoms. The van der Waals surface area contributed by atoms with E-state index in [4.69, 9.17) is 16.6 Å². The fourth-order valence-electron chi connectivity index (χ4n) is 3.53.